The van der Waals surface area contributed by atoms with Crippen LogP contribution in [-0.4, -0.2) is 21.5 Å². The second kappa shape index (κ2) is 7.22. The molecule has 5 nitrogen and oxygen atoms in total. The van der Waals surface area contributed by atoms with Crippen LogP contribution in [0.4, 0.5) is 14.5 Å². The second-order valence-corrected chi connectivity index (χ2v) is 6.23. The first-order valence-electron chi connectivity index (χ1n) is 6.66. The zero-order chi connectivity index (χ0) is 17.7. The van der Waals surface area contributed by atoms with Crippen molar-refractivity contribution in [2.45, 2.75) is 0 Å². The molecular formula is C16H13F2NO4S. The maximum Gasteiger partial charge on any atom is 0.340 e. The molecule has 0 atom stereocenters. The topological polar surface area (TPSA) is 72.5 Å². The number of anilines is 1. The van der Waals surface area contributed by atoms with E-state index in [9.17, 15) is 22.0 Å². The van der Waals surface area contributed by atoms with Gasteiger partial charge < -0.3 is 4.74 Å². The number of rotatable bonds is 5. The lowest BCUT2D eigenvalue weighted by Crippen LogP contribution is -2.13. The fourth-order valence-corrected chi connectivity index (χ4v) is 2.68. The molecule has 0 heterocycles. The van der Waals surface area contributed by atoms with E-state index in [1.165, 1.54) is 6.08 Å². The fourth-order valence-electron chi connectivity index (χ4n) is 1.81. The molecule has 0 radical (unpaired) electrons. The number of benzene rings is 2. The monoisotopic (exact) mass is 353 g/mol. The number of carbonyl (C=O) groups excluding carboxylic acids is 1. The molecule has 1 N–H and O–H groups in total. The van der Waals surface area contributed by atoms with Crippen LogP contribution >= 0.6 is 0 Å². The molecule has 0 spiro atoms. The van der Waals surface area contributed by atoms with Gasteiger partial charge in [-0.1, -0.05) is 30.3 Å². The number of ether oxygens (including phenoxy) is 1. The third-order valence-corrected chi connectivity index (χ3v) is 3.95. The molecular weight excluding hydrogens is 340 g/mol. The molecule has 0 unspecified atom stereocenters. The molecule has 0 saturated carbocycles. The van der Waals surface area contributed by atoms with Crippen molar-refractivity contribution in [1.82, 2.24) is 0 Å². The molecule has 2 aromatic carbocycles. The van der Waals surface area contributed by atoms with Crippen LogP contribution in [0, 0.1) is 11.6 Å². The Morgan fingerprint density at radius 1 is 1.12 bits per heavy atom. The van der Waals surface area contributed by atoms with Gasteiger partial charge >= 0.3 is 5.97 Å². The molecule has 0 bridgehead atoms. The van der Waals surface area contributed by atoms with Gasteiger partial charge in [0.15, 0.2) is 0 Å². The normalized spacial score (nSPS) is 11.5. The number of sulfonamides is 1. The van der Waals surface area contributed by atoms with Crippen molar-refractivity contribution in [3.8, 4) is 0 Å². The number of hydrogen-bond acceptors (Lipinski definition) is 4. The third kappa shape index (κ3) is 4.39. The van der Waals surface area contributed by atoms with Crippen LogP contribution in [0.15, 0.2) is 47.9 Å². The summed E-state index contributed by atoms with van der Waals surface area (Å²) in [6.45, 7) is 0. The van der Waals surface area contributed by atoms with Crippen LogP contribution in [0.5, 0.6) is 0 Å². The summed E-state index contributed by atoms with van der Waals surface area (Å²) in [6, 6.07) is 9.73. The Morgan fingerprint density at radius 3 is 2.42 bits per heavy atom. The van der Waals surface area contributed by atoms with E-state index < -0.39 is 38.9 Å². The number of nitrogens with one attached hydrogen (secondary N) is 1. The summed E-state index contributed by atoms with van der Waals surface area (Å²) in [5.41, 5.74) is -0.518. The minimum Gasteiger partial charge on any atom is -0.465 e. The molecule has 0 aromatic heterocycles. The average Bonchev–Trinajstić information content (AvgIpc) is 2.56. The second-order valence-electron chi connectivity index (χ2n) is 4.66. The zero-order valence-corrected chi connectivity index (χ0v) is 13.3. The van der Waals surface area contributed by atoms with Gasteiger partial charge in [0, 0.05) is 6.07 Å². The van der Waals surface area contributed by atoms with Crippen molar-refractivity contribution < 1.29 is 26.7 Å². The van der Waals surface area contributed by atoms with Crippen LogP contribution in [0.25, 0.3) is 6.08 Å². The Kier molecular flexibility index (Phi) is 5.30. The molecule has 0 amide bonds. The highest BCUT2D eigenvalue weighted by Gasteiger charge is 2.18. The number of hydrogen-bond donors (Lipinski definition) is 1. The van der Waals surface area contributed by atoms with Gasteiger partial charge in [-0.05, 0) is 17.7 Å². The van der Waals surface area contributed by atoms with Crippen molar-refractivity contribution in [3.63, 3.8) is 0 Å². The lowest BCUT2D eigenvalue weighted by molar-refractivity contribution is 0.0595. The maximum atomic E-state index is 13.7. The highest BCUT2D eigenvalue weighted by atomic mass is 32.2. The molecule has 2 aromatic rings. The molecule has 0 aliphatic rings. The SMILES string of the molecule is COC(=O)c1cc(NS(=O)(=O)/C=C/c2ccccc2)c(F)cc1F. The summed E-state index contributed by atoms with van der Waals surface area (Å²) in [6.07, 6.45) is 1.31. The van der Waals surface area contributed by atoms with Crippen molar-refractivity contribution in [1.29, 1.82) is 0 Å². The maximum absolute atomic E-state index is 13.7. The fraction of sp³-hybridized carbons (Fsp3) is 0.0625. The summed E-state index contributed by atoms with van der Waals surface area (Å²) in [5, 5.41) is 0.836. The van der Waals surface area contributed by atoms with Gasteiger partial charge in [-0.15, -0.1) is 0 Å². The predicted molar refractivity (Wildman–Crippen MR) is 85.7 cm³/mol. The van der Waals surface area contributed by atoms with E-state index in [-0.39, 0.29) is 0 Å². The minimum atomic E-state index is -4.06. The Labute approximate surface area is 137 Å². The summed E-state index contributed by atoms with van der Waals surface area (Å²) >= 11 is 0. The molecule has 0 aliphatic carbocycles. The van der Waals surface area contributed by atoms with E-state index >= 15 is 0 Å². The summed E-state index contributed by atoms with van der Waals surface area (Å²) < 4.78 is 57.6. The van der Waals surface area contributed by atoms with Crippen LogP contribution < -0.4 is 4.72 Å². The largest absolute Gasteiger partial charge is 0.465 e. The van der Waals surface area contributed by atoms with Crippen molar-refractivity contribution >= 4 is 27.8 Å². The molecule has 0 aliphatic heterocycles. The van der Waals surface area contributed by atoms with Crippen LogP contribution in [0.1, 0.15) is 15.9 Å². The van der Waals surface area contributed by atoms with E-state index in [2.05, 4.69) is 4.74 Å². The Balaban J connectivity index is 2.29. The van der Waals surface area contributed by atoms with Gasteiger partial charge in [0.25, 0.3) is 10.0 Å². The first-order chi connectivity index (χ1) is 11.3. The third-order valence-electron chi connectivity index (χ3n) is 2.95. The summed E-state index contributed by atoms with van der Waals surface area (Å²) in [5.74, 6) is -3.35. The lowest BCUT2D eigenvalue weighted by Gasteiger charge is -2.08. The van der Waals surface area contributed by atoms with E-state index in [0.29, 0.717) is 11.6 Å². The van der Waals surface area contributed by atoms with Crippen LogP contribution in [-0.2, 0) is 14.8 Å². The van der Waals surface area contributed by atoms with Gasteiger partial charge in [0.1, 0.15) is 11.6 Å². The predicted octanol–water partition coefficient (Wildman–Crippen LogP) is 3.16. The molecule has 24 heavy (non-hydrogen) atoms. The number of halogens is 2. The lowest BCUT2D eigenvalue weighted by atomic mass is 10.2. The van der Waals surface area contributed by atoms with Crippen LogP contribution in [0.2, 0.25) is 0 Å². The average molecular weight is 353 g/mol. The van der Waals surface area contributed by atoms with Crippen LogP contribution in [0.3, 0.4) is 0 Å². The molecule has 8 heteroatoms. The van der Waals surface area contributed by atoms with E-state index in [1.807, 2.05) is 4.72 Å². The first-order valence-corrected chi connectivity index (χ1v) is 8.20. The highest BCUT2D eigenvalue weighted by Crippen LogP contribution is 2.21. The minimum absolute atomic E-state index is 0.408. The number of esters is 1. The molecule has 2 rings (SSSR count). The first kappa shape index (κ1) is 17.6. The molecule has 126 valence electrons. The van der Waals surface area contributed by atoms with E-state index in [4.69, 9.17) is 0 Å². The van der Waals surface area contributed by atoms with Gasteiger partial charge in [0.05, 0.1) is 23.8 Å². The van der Waals surface area contributed by atoms with Gasteiger partial charge in [-0.3, -0.25) is 4.72 Å². The Bertz CT molecular complexity index is 880. The highest BCUT2D eigenvalue weighted by molar-refractivity contribution is 7.95. The van der Waals surface area contributed by atoms with Gasteiger partial charge in [0.2, 0.25) is 0 Å². The Morgan fingerprint density at radius 2 is 1.79 bits per heavy atom. The van der Waals surface area contributed by atoms with E-state index in [1.54, 1.807) is 30.3 Å². The number of methoxy groups -OCH3 is 1. The van der Waals surface area contributed by atoms with Crippen molar-refractivity contribution in [2.75, 3.05) is 11.8 Å². The van der Waals surface area contributed by atoms with E-state index in [0.717, 1.165) is 18.6 Å². The number of carbonyl (C=O) groups is 1. The summed E-state index contributed by atoms with van der Waals surface area (Å²) in [4.78, 5) is 11.4. The van der Waals surface area contributed by atoms with Crippen molar-refractivity contribution in [2.24, 2.45) is 0 Å². The Hall–Kier alpha value is -2.74. The molecule has 0 saturated heterocycles. The van der Waals surface area contributed by atoms with Gasteiger partial charge in [-0.25, -0.2) is 22.0 Å². The van der Waals surface area contributed by atoms with Crippen molar-refractivity contribution in [3.05, 3.63) is 70.6 Å². The molecule has 0 fully saturated rings. The van der Waals surface area contributed by atoms with Gasteiger partial charge in [-0.2, -0.15) is 0 Å². The zero-order valence-electron chi connectivity index (χ0n) is 12.5. The summed E-state index contributed by atoms with van der Waals surface area (Å²) in [7, 11) is -3.04. The quantitative estimate of drug-likeness (QED) is 0.838. The smallest absolute Gasteiger partial charge is 0.340 e. The standard InChI is InChI=1S/C16H13F2NO4S/c1-23-16(20)12-9-15(14(18)10-13(12)17)19-24(21,22)8-7-11-5-3-2-4-6-11/h2-10,19H,1H3/b8-7+.